The first-order valence-corrected chi connectivity index (χ1v) is 9.51. The molecule has 28 heavy (non-hydrogen) atoms. The molecule has 7 nitrogen and oxygen atoms in total. The predicted molar refractivity (Wildman–Crippen MR) is 101 cm³/mol. The summed E-state index contributed by atoms with van der Waals surface area (Å²) in [6.45, 7) is 4.70. The molecule has 0 radical (unpaired) electrons. The van der Waals surface area contributed by atoms with Crippen molar-refractivity contribution in [2.45, 2.75) is 32.9 Å². The number of alkyl halides is 3. The number of halogens is 4. The van der Waals surface area contributed by atoms with E-state index in [1.165, 1.54) is 6.07 Å². The van der Waals surface area contributed by atoms with Gasteiger partial charge in [0.15, 0.2) is 0 Å². The van der Waals surface area contributed by atoms with Crippen molar-refractivity contribution in [2.75, 3.05) is 23.8 Å². The van der Waals surface area contributed by atoms with Crippen LogP contribution >= 0.6 is 22.9 Å². The van der Waals surface area contributed by atoms with E-state index < -0.39 is 17.2 Å². The van der Waals surface area contributed by atoms with Gasteiger partial charge in [-0.3, -0.25) is 5.32 Å². The number of nitrogens with one attached hydrogen (secondary N) is 2. The first-order valence-electron chi connectivity index (χ1n) is 8.32. The Kier molecular flexibility index (Phi) is 7.69. The molecule has 0 saturated heterocycles. The van der Waals surface area contributed by atoms with E-state index >= 15 is 0 Å². The summed E-state index contributed by atoms with van der Waals surface area (Å²) in [7, 11) is 0. The van der Waals surface area contributed by atoms with Crippen LogP contribution in [-0.4, -0.2) is 29.4 Å². The van der Waals surface area contributed by atoms with Gasteiger partial charge in [0.1, 0.15) is 11.5 Å². The minimum atomic E-state index is -4.63. The van der Waals surface area contributed by atoms with Crippen LogP contribution in [0.5, 0.6) is 11.5 Å². The van der Waals surface area contributed by atoms with Crippen molar-refractivity contribution in [3.63, 3.8) is 0 Å². The molecule has 0 bridgehead atoms. The number of aromatic nitrogens is 2. The molecule has 1 aromatic carbocycles. The molecule has 0 aliphatic heterocycles. The second-order valence-electron chi connectivity index (χ2n) is 5.46. The van der Waals surface area contributed by atoms with Gasteiger partial charge in [-0.1, -0.05) is 36.8 Å². The Balaban J connectivity index is 2.15. The van der Waals surface area contributed by atoms with E-state index in [0.29, 0.717) is 24.7 Å². The van der Waals surface area contributed by atoms with Crippen LogP contribution in [-0.2, 0) is 6.18 Å². The molecule has 0 aliphatic carbocycles. The summed E-state index contributed by atoms with van der Waals surface area (Å²) < 4.78 is 48.8. The van der Waals surface area contributed by atoms with Gasteiger partial charge in [-0.25, -0.2) is 4.79 Å². The number of urea groups is 1. The van der Waals surface area contributed by atoms with E-state index in [1.807, 2.05) is 13.8 Å². The zero-order valence-corrected chi connectivity index (χ0v) is 16.6. The molecule has 2 rings (SSSR count). The monoisotopic (exact) mass is 438 g/mol. The van der Waals surface area contributed by atoms with Crippen LogP contribution < -0.4 is 20.1 Å². The van der Waals surface area contributed by atoms with E-state index in [2.05, 4.69) is 20.8 Å². The molecular weight excluding hydrogens is 421 g/mol. The van der Waals surface area contributed by atoms with E-state index in [0.717, 1.165) is 12.8 Å². The number of rotatable bonds is 8. The van der Waals surface area contributed by atoms with Gasteiger partial charge in [0.05, 0.1) is 23.9 Å². The van der Waals surface area contributed by atoms with Crippen molar-refractivity contribution >= 4 is 39.8 Å². The van der Waals surface area contributed by atoms with Gasteiger partial charge in [-0.05, 0) is 18.9 Å². The number of anilines is 2. The van der Waals surface area contributed by atoms with Crippen molar-refractivity contribution < 1.29 is 27.4 Å². The summed E-state index contributed by atoms with van der Waals surface area (Å²) in [5, 5.41) is 9.78. The Hall–Kier alpha value is -2.27. The second-order valence-corrected chi connectivity index (χ2v) is 6.85. The van der Waals surface area contributed by atoms with Crippen LogP contribution in [0.3, 0.4) is 0 Å². The quantitative estimate of drug-likeness (QED) is 0.573. The first kappa shape index (κ1) is 22.0. The topological polar surface area (TPSA) is 85.4 Å². The Morgan fingerprint density at radius 2 is 1.75 bits per heavy atom. The largest absolute Gasteiger partial charge is 0.492 e. The summed E-state index contributed by atoms with van der Waals surface area (Å²) in [5.41, 5.74) is 0.236. The number of hydrogen-bond acceptors (Lipinski definition) is 6. The van der Waals surface area contributed by atoms with Crippen LogP contribution in [0.1, 0.15) is 31.7 Å². The molecule has 12 heteroatoms. The number of amides is 2. The molecule has 0 aliphatic rings. The number of benzene rings is 1. The van der Waals surface area contributed by atoms with Crippen molar-refractivity contribution in [1.82, 2.24) is 10.2 Å². The van der Waals surface area contributed by atoms with Gasteiger partial charge in [0.25, 0.3) is 0 Å². The van der Waals surface area contributed by atoms with Crippen LogP contribution in [0.2, 0.25) is 5.02 Å². The van der Waals surface area contributed by atoms with Crippen molar-refractivity contribution in [3.05, 3.63) is 22.2 Å². The molecule has 0 atom stereocenters. The molecule has 0 spiro atoms. The van der Waals surface area contributed by atoms with E-state index in [9.17, 15) is 18.0 Å². The fourth-order valence-corrected chi connectivity index (χ4v) is 2.75. The van der Waals surface area contributed by atoms with E-state index in [-0.39, 0.29) is 27.2 Å². The van der Waals surface area contributed by atoms with Gasteiger partial charge >= 0.3 is 12.2 Å². The van der Waals surface area contributed by atoms with Gasteiger partial charge in [0.2, 0.25) is 10.1 Å². The smallest absolute Gasteiger partial charge is 0.445 e. The fourth-order valence-electron chi connectivity index (χ4n) is 1.93. The molecule has 0 fully saturated rings. The van der Waals surface area contributed by atoms with Crippen molar-refractivity contribution in [1.29, 1.82) is 0 Å². The number of carbonyl (C=O) groups excluding carboxylic acids is 1. The highest BCUT2D eigenvalue weighted by Crippen LogP contribution is 2.37. The standard InChI is InChI=1S/C16H18ClF3N4O3S/c1-3-5-26-11-8-12(27-6-4-2)10(7-9(11)17)21-14(25)22-15-24-23-13(28-15)16(18,19)20/h7-8H,3-6H2,1-2H3,(H2,21,22,24,25). The van der Waals surface area contributed by atoms with E-state index in [1.54, 1.807) is 6.07 Å². The van der Waals surface area contributed by atoms with Crippen molar-refractivity contribution in [3.8, 4) is 11.5 Å². The van der Waals surface area contributed by atoms with Crippen LogP contribution in [0.4, 0.5) is 28.8 Å². The molecule has 1 heterocycles. The van der Waals surface area contributed by atoms with Gasteiger partial charge < -0.3 is 14.8 Å². The first-order chi connectivity index (χ1) is 13.2. The summed E-state index contributed by atoms with van der Waals surface area (Å²) in [5.74, 6) is 0.722. The normalized spacial score (nSPS) is 11.2. The van der Waals surface area contributed by atoms with Gasteiger partial charge in [0, 0.05) is 6.07 Å². The Morgan fingerprint density at radius 3 is 2.32 bits per heavy atom. The highest BCUT2D eigenvalue weighted by Gasteiger charge is 2.35. The summed E-state index contributed by atoms with van der Waals surface area (Å²) in [6, 6.07) is 2.18. The molecular formula is C16H18ClF3N4O3S. The summed E-state index contributed by atoms with van der Waals surface area (Å²) in [4.78, 5) is 12.1. The minimum absolute atomic E-state index is 0.215. The van der Waals surface area contributed by atoms with Crippen LogP contribution in [0, 0.1) is 0 Å². The Morgan fingerprint density at radius 1 is 1.11 bits per heavy atom. The lowest BCUT2D eigenvalue weighted by Crippen LogP contribution is -2.20. The Labute approximate surface area is 168 Å². The maximum atomic E-state index is 12.6. The SMILES string of the molecule is CCCOc1cc(OCCC)c(NC(=O)Nc2nnc(C(F)(F)F)s2)cc1Cl. The third-order valence-electron chi connectivity index (χ3n) is 3.09. The fraction of sp³-hybridized carbons (Fsp3) is 0.438. The summed E-state index contributed by atoms with van der Waals surface area (Å²) >= 11 is 6.39. The van der Waals surface area contributed by atoms with Crippen LogP contribution in [0.25, 0.3) is 0 Å². The average Bonchev–Trinajstić information content (AvgIpc) is 3.08. The molecule has 0 saturated carbocycles. The molecule has 1 aromatic heterocycles. The predicted octanol–water partition coefficient (Wildman–Crippen LogP) is 5.43. The molecule has 154 valence electrons. The van der Waals surface area contributed by atoms with Crippen LogP contribution in [0.15, 0.2) is 12.1 Å². The lowest BCUT2D eigenvalue weighted by Gasteiger charge is -2.15. The Bertz CT molecular complexity index is 817. The molecule has 2 amide bonds. The second kappa shape index (κ2) is 9.78. The van der Waals surface area contributed by atoms with Crippen molar-refractivity contribution in [2.24, 2.45) is 0 Å². The zero-order chi connectivity index (χ0) is 20.7. The van der Waals surface area contributed by atoms with Gasteiger partial charge in [-0.2, -0.15) is 13.2 Å². The molecule has 2 N–H and O–H groups in total. The maximum absolute atomic E-state index is 12.6. The maximum Gasteiger partial charge on any atom is 0.445 e. The highest BCUT2D eigenvalue weighted by molar-refractivity contribution is 7.15. The van der Waals surface area contributed by atoms with E-state index in [4.69, 9.17) is 21.1 Å². The molecule has 2 aromatic rings. The number of carbonyl (C=O) groups is 1. The molecule has 0 unspecified atom stereocenters. The lowest BCUT2D eigenvalue weighted by atomic mass is 10.2. The minimum Gasteiger partial charge on any atom is -0.492 e. The lowest BCUT2D eigenvalue weighted by molar-refractivity contribution is -0.138. The average molecular weight is 439 g/mol. The third-order valence-corrected chi connectivity index (χ3v) is 4.27. The van der Waals surface area contributed by atoms with Gasteiger partial charge in [-0.15, -0.1) is 10.2 Å². The number of nitrogens with zero attached hydrogens (tertiary/aromatic N) is 2. The number of hydrogen-bond donors (Lipinski definition) is 2. The number of ether oxygens (including phenoxy) is 2. The third kappa shape index (κ3) is 6.13. The summed E-state index contributed by atoms with van der Waals surface area (Å²) in [6.07, 6.45) is -3.12. The highest BCUT2D eigenvalue weighted by atomic mass is 35.5. The zero-order valence-electron chi connectivity index (χ0n) is 15.0.